The highest BCUT2D eigenvalue weighted by atomic mass is 35.5. The van der Waals surface area contributed by atoms with E-state index in [1.54, 1.807) is 17.4 Å². The molecule has 1 aliphatic rings. The van der Waals surface area contributed by atoms with Crippen LogP contribution in [0, 0.1) is 23.0 Å². The van der Waals surface area contributed by atoms with Crippen LogP contribution in [0.1, 0.15) is 29.3 Å². The largest absolute Gasteiger partial charge is 0.339 e. The number of aromatic nitrogens is 2. The van der Waals surface area contributed by atoms with Crippen molar-refractivity contribution in [1.29, 1.82) is 0 Å². The number of aryl methyl sites for hydroxylation is 2. The molecule has 0 spiro atoms. The molecule has 1 aliphatic carbocycles. The predicted octanol–water partition coefficient (Wildman–Crippen LogP) is 5.43. The number of thiophene rings is 1. The van der Waals surface area contributed by atoms with E-state index in [0.717, 1.165) is 35.0 Å². The zero-order chi connectivity index (χ0) is 18.4. The first-order valence-electron chi connectivity index (χ1n) is 8.42. The van der Waals surface area contributed by atoms with Gasteiger partial charge in [-0.15, -0.1) is 11.3 Å². The van der Waals surface area contributed by atoms with Crippen LogP contribution < -0.4 is 5.32 Å². The number of non-ortho nitro benzene ring substituents is 1. The fourth-order valence-corrected chi connectivity index (χ4v) is 4.99. The average molecular weight is 389 g/mol. The monoisotopic (exact) mass is 388 g/mol. The molecule has 0 bridgehead atoms. The van der Waals surface area contributed by atoms with Crippen molar-refractivity contribution in [2.45, 2.75) is 33.1 Å². The first-order chi connectivity index (χ1) is 12.4. The number of hydrogen-bond acceptors (Lipinski definition) is 6. The average Bonchev–Trinajstić information content (AvgIpc) is 2.93. The van der Waals surface area contributed by atoms with Gasteiger partial charge in [-0.2, -0.15) is 4.98 Å². The minimum atomic E-state index is -0.402. The summed E-state index contributed by atoms with van der Waals surface area (Å²) in [6, 6.07) is 4.75. The molecule has 1 aromatic carbocycles. The summed E-state index contributed by atoms with van der Waals surface area (Å²) in [4.78, 5) is 21.7. The highest BCUT2D eigenvalue weighted by molar-refractivity contribution is 7.19. The first-order valence-corrected chi connectivity index (χ1v) is 9.61. The van der Waals surface area contributed by atoms with Crippen LogP contribution in [0.2, 0.25) is 5.28 Å². The van der Waals surface area contributed by atoms with Gasteiger partial charge in [-0.25, -0.2) is 4.98 Å². The lowest BCUT2D eigenvalue weighted by molar-refractivity contribution is -0.384. The molecule has 0 aliphatic heterocycles. The summed E-state index contributed by atoms with van der Waals surface area (Å²) in [6.07, 6.45) is 3.17. The van der Waals surface area contributed by atoms with Crippen LogP contribution in [-0.4, -0.2) is 14.9 Å². The molecule has 0 saturated heterocycles. The number of nitro groups is 1. The number of nitro benzene ring substituents is 1. The van der Waals surface area contributed by atoms with Crippen molar-refractivity contribution >= 4 is 50.3 Å². The van der Waals surface area contributed by atoms with E-state index >= 15 is 0 Å². The van der Waals surface area contributed by atoms with Crippen molar-refractivity contribution in [2.75, 3.05) is 5.32 Å². The van der Waals surface area contributed by atoms with Gasteiger partial charge in [0, 0.05) is 22.7 Å². The molecular formula is C18H17ClN4O2S. The Labute approximate surface area is 159 Å². The van der Waals surface area contributed by atoms with Gasteiger partial charge in [0.1, 0.15) is 10.6 Å². The highest BCUT2D eigenvalue weighted by Crippen LogP contribution is 2.41. The van der Waals surface area contributed by atoms with E-state index in [4.69, 9.17) is 11.6 Å². The quantitative estimate of drug-likeness (QED) is 0.367. The van der Waals surface area contributed by atoms with Crippen molar-refractivity contribution in [1.82, 2.24) is 9.97 Å². The smallest absolute Gasteiger partial charge is 0.271 e. The van der Waals surface area contributed by atoms with Crippen LogP contribution in [0.15, 0.2) is 18.2 Å². The summed E-state index contributed by atoms with van der Waals surface area (Å²) < 4.78 is 0. The van der Waals surface area contributed by atoms with Gasteiger partial charge < -0.3 is 5.32 Å². The Hall–Kier alpha value is -2.25. The number of anilines is 2. The molecule has 26 heavy (non-hydrogen) atoms. The van der Waals surface area contributed by atoms with Crippen LogP contribution in [0.4, 0.5) is 17.2 Å². The van der Waals surface area contributed by atoms with Crippen LogP contribution >= 0.6 is 22.9 Å². The van der Waals surface area contributed by atoms with Gasteiger partial charge in [-0.05, 0) is 54.8 Å². The lowest BCUT2D eigenvalue weighted by Crippen LogP contribution is -2.09. The number of fused-ring (bicyclic) bond motifs is 3. The van der Waals surface area contributed by atoms with Gasteiger partial charge >= 0.3 is 0 Å². The fraction of sp³-hybridized carbons (Fsp3) is 0.333. The lowest BCUT2D eigenvalue weighted by Gasteiger charge is -2.18. The van der Waals surface area contributed by atoms with Gasteiger partial charge in [0.25, 0.3) is 5.69 Å². The van der Waals surface area contributed by atoms with Crippen LogP contribution in [-0.2, 0) is 12.8 Å². The van der Waals surface area contributed by atoms with Crippen molar-refractivity contribution in [2.24, 2.45) is 5.92 Å². The Morgan fingerprint density at radius 3 is 2.96 bits per heavy atom. The van der Waals surface area contributed by atoms with Crippen molar-refractivity contribution in [3.63, 3.8) is 0 Å². The maximum absolute atomic E-state index is 11.1. The number of nitrogens with zero attached hydrogens (tertiary/aromatic N) is 3. The number of hydrogen-bond donors (Lipinski definition) is 1. The maximum atomic E-state index is 11.1. The molecule has 134 valence electrons. The standard InChI is InChI=1S/C18H17ClN4O2S/c1-9-3-6-12-14(7-9)26-17-15(12)16(21-18(19)22-17)20-13-8-11(23(24)25)5-4-10(13)2/h4-5,8-9H,3,6-7H2,1-2H3,(H,20,21,22). The third-order valence-electron chi connectivity index (χ3n) is 4.81. The second-order valence-electron chi connectivity index (χ2n) is 6.75. The third-order valence-corrected chi connectivity index (χ3v) is 6.13. The van der Waals surface area contributed by atoms with E-state index in [1.807, 2.05) is 6.92 Å². The molecule has 0 saturated carbocycles. The zero-order valence-corrected chi connectivity index (χ0v) is 15.9. The van der Waals surface area contributed by atoms with Gasteiger partial charge in [-0.1, -0.05) is 13.0 Å². The van der Waals surface area contributed by atoms with Gasteiger partial charge in [-0.3, -0.25) is 10.1 Å². The predicted molar refractivity (Wildman–Crippen MR) is 105 cm³/mol. The number of benzene rings is 1. The molecule has 6 nitrogen and oxygen atoms in total. The Morgan fingerprint density at radius 2 is 2.19 bits per heavy atom. The SMILES string of the molecule is Cc1ccc([N+](=O)[O-])cc1Nc1nc(Cl)nc2sc3c(c12)CCC(C)C3. The second kappa shape index (κ2) is 6.48. The number of halogens is 1. The van der Waals surface area contributed by atoms with E-state index < -0.39 is 4.92 Å². The topological polar surface area (TPSA) is 81.0 Å². The molecular weight excluding hydrogens is 372 g/mol. The Kier molecular flexibility index (Phi) is 4.28. The zero-order valence-electron chi connectivity index (χ0n) is 14.4. The Bertz CT molecular complexity index is 1030. The summed E-state index contributed by atoms with van der Waals surface area (Å²) in [7, 11) is 0. The molecule has 2 aromatic heterocycles. The summed E-state index contributed by atoms with van der Waals surface area (Å²) in [5.41, 5.74) is 2.87. The van der Waals surface area contributed by atoms with Gasteiger partial charge in [0.2, 0.25) is 5.28 Å². The Morgan fingerprint density at radius 1 is 1.38 bits per heavy atom. The molecule has 3 aromatic rings. The molecule has 8 heteroatoms. The Balaban J connectivity index is 1.84. The van der Waals surface area contributed by atoms with Crippen LogP contribution in [0.3, 0.4) is 0 Å². The highest BCUT2D eigenvalue weighted by Gasteiger charge is 2.24. The van der Waals surface area contributed by atoms with Crippen molar-refractivity contribution in [3.8, 4) is 0 Å². The summed E-state index contributed by atoms with van der Waals surface area (Å²) >= 11 is 7.81. The molecule has 0 fully saturated rings. The molecule has 1 atom stereocenters. The molecule has 0 radical (unpaired) electrons. The summed E-state index contributed by atoms with van der Waals surface area (Å²) in [5.74, 6) is 1.28. The fourth-order valence-electron chi connectivity index (χ4n) is 3.39. The number of nitrogens with one attached hydrogen (secondary N) is 1. The molecule has 0 amide bonds. The van der Waals surface area contributed by atoms with Gasteiger partial charge in [0.15, 0.2) is 0 Å². The van der Waals surface area contributed by atoms with Crippen LogP contribution in [0.25, 0.3) is 10.2 Å². The minimum absolute atomic E-state index is 0.0377. The van der Waals surface area contributed by atoms with Gasteiger partial charge in [0.05, 0.1) is 10.3 Å². The molecule has 4 rings (SSSR count). The van der Waals surface area contributed by atoms with E-state index in [9.17, 15) is 10.1 Å². The molecule has 2 heterocycles. The third kappa shape index (κ3) is 3.01. The summed E-state index contributed by atoms with van der Waals surface area (Å²) in [5, 5.41) is 15.5. The van der Waals surface area contributed by atoms with E-state index in [0.29, 0.717) is 17.4 Å². The molecule has 1 N–H and O–H groups in total. The lowest BCUT2D eigenvalue weighted by atomic mass is 9.89. The normalized spacial score (nSPS) is 16.5. The molecule has 1 unspecified atom stereocenters. The van der Waals surface area contributed by atoms with E-state index in [2.05, 4.69) is 22.2 Å². The summed E-state index contributed by atoms with van der Waals surface area (Å²) in [6.45, 7) is 4.16. The van der Waals surface area contributed by atoms with Crippen molar-refractivity contribution < 1.29 is 4.92 Å². The first kappa shape index (κ1) is 17.2. The second-order valence-corrected chi connectivity index (χ2v) is 8.18. The minimum Gasteiger partial charge on any atom is -0.339 e. The van der Waals surface area contributed by atoms with Crippen LogP contribution in [0.5, 0.6) is 0 Å². The van der Waals surface area contributed by atoms with E-state index in [1.165, 1.54) is 22.6 Å². The van der Waals surface area contributed by atoms with E-state index in [-0.39, 0.29) is 11.0 Å². The van der Waals surface area contributed by atoms with Crippen molar-refractivity contribution in [3.05, 3.63) is 49.6 Å². The maximum Gasteiger partial charge on any atom is 0.271 e. The number of rotatable bonds is 3.